The van der Waals surface area contributed by atoms with Crippen molar-refractivity contribution in [3.63, 3.8) is 0 Å². The van der Waals surface area contributed by atoms with Gasteiger partial charge in [-0.15, -0.1) is 0 Å². The molecule has 6 N–H and O–H groups in total. The molecule has 4 rings (SSSR count). The summed E-state index contributed by atoms with van der Waals surface area (Å²) >= 11 is 0. The first kappa shape index (κ1) is 14.0. The Morgan fingerprint density at radius 1 is 1.13 bits per heavy atom. The molecule has 0 radical (unpaired) electrons. The van der Waals surface area contributed by atoms with Crippen molar-refractivity contribution < 1.29 is 5.11 Å². The van der Waals surface area contributed by atoms with Gasteiger partial charge < -0.3 is 10.4 Å². The molecule has 1 aromatic heterocycles. The Morgan fingerprint density at radius 3 is 2.74 bits per heavy atom. The molecule has 2 aromatic rings. The van der Waals surface area contributed by atoms with Crippen LogP contribution >= 0.6 is 0 Å². The summed E-state index contributed by atoms with van der Waals surface area (Å²) < 4.78 is 0. The van der Waals surface area contributed by atoms with Crippen LogP contribution in [0.25, 0.3) is 0 Å². The molecule has 2 aliphatic heterocycles. The molecular formula is C15H17N5O3. The predicted molar refractivity (Wildman–Crippen MR) is 84.3 cm³/mol. The van der Waals surface area contributed by atoms with Gasteiger partial charge in [-0.05, 0) is 24.6 Å². The fourth-order valence-corrected chi connectivity index (χ4v) is 3.68. The van der Waals surface area contributed by atoms with Gasteiger partial charge >= 0.3 is 5.69 Å². The fourth-order valence-electron chi connectivity index (χ4n) is 3.68. The van der Waals surface area contributed by atoms with Crippen molar-refractivity contribution in [2.24, 2.45) is 5.92 Å². The summed E-state index contributed by atoms with van der Waals surface area (Å²) in [5, 5.41) is 13.0. The van der Waals surface area contributed by atoms with Gasteiger partial charge in [-0.2, -0.15) is 0 Å². The number of fused-ring (bicyclic) bond motifs is 2. The third kappa shape index (κ3) is 2.14. The van der Waals surface area contributed by atoms with Gasteiger partial charge in [-0.25, -0.2) is 10.2 Å². The van der Waals surface area contributed by atoms with Crippen molar-refractivity contribution in [3.05, 3.63) is 56.2 Å². The minimum atomic E-state index is -0.548. The second-order valence-corrected chi connectivity index (χ2v) is 6.05. The highest BCUT2D eigenvalue weighted by atomic mass is 16.3. The highest BCUT2D eigenvalue weighted by Crippen LogP contribution is 2.42. The predicted octanol–water partition coefficient (Wildman–Crippen LogP) is -0.235. The van der Waals surface area contributed by atoms with Crippen LogP contribution in [0.5, 0.6) is 5.75 Å². The van der Waals surface area contributed by atoms with Crippen LogP contribution < -0.4 is 27.4 Å². The summed E-state index contributed by atoms with van der Waals surface area (Å²) in [6.45, 7) is 2.03. The number of anilines is 1. The van der Waals surface area contributed by atoms with Crippen molar-refractivity contribution >= 4 is 5.82 Å². The molecular weight excluding hydrogens is 298 g/mol. The summed E-state index contributed by atoms with van der Waals surface area (Å²) in [5.41, 5.74) is 6.66. The first-order valence-electron chi connectivity index (χ1n) is 7.47. The minimum absolute atomic E-state index is 0.0382. The number of rotatable bonds is 1. The monoisotopic (exact) mass is 315 g/mol. The van der Waals surface area contributed by atoms with Crippen molar-refractivity contribution in [2.75, 3.05) is 5.32 Å². The second kappa shape index (κ2) is 4.97. The Kier molecular flexibility index (Phi) is 3.03. The van der Waals surface area contributed by atoms with Gasteiger partial charge in [0.25, 0.3) is 5.56 Å². The van der Waals surface area contributed by atoms with E-state index in [0.717, 1.165) is 5.56 Å². The van der Waals surface area contributed by atoms with Gasteiger partial charge in [0.05, 0.1) is 11.7 Å². The number of phenols is 1. The first-order chi connectivity index (χ1) is 11.0. The molecule has 0 spiro atoms. The molecule has 8 nitrogen and oxygen atoms in total. The number of aromatic nitrogens is 2. The zero-order valence-corrected chi connectivity index (χ0v) is 12.4. The highest BCUT2D eigenvalue weighted by molar-refractivity contribution is 5.54. The SMILES string of the molecule is CC1NNC2Nc3[nH]c(=O)[nH]c(=O)c3C(c3cccc(O)c3)C12. The lowest BCUT2D eigenvalue weighted by Crippen LogP contribution is -2.47. The van der Waals surface area contributed by atoms with Crippen LogP contribution in [0.3, 0.4) is 0 Å². The van der Waals surface area contributed by atoms with E-state index < -0.39 is 11.2 Å². The normalized spacial score (nSPS) is 28.7. The largest absolute Gasteiger partial charge is 0.508 e. The number of aromatic amines is 2. The molecule has 4 atom stereocenters. The topological polar surface area (TPSA) is 122 Å². The molecule has 1 aromatic carbocycles. The number of nitrogens with one attached hydrogen (secondary N) is 5. The Balaban J connectivity index is 1.97. The average molecular weight is 315 g/mol. The maximum atomic E-state index is 12.4. The Labute approximate surface area is 130 Å². The number of aromatic hydroxyl groups is 1. The molecule has 1 fully saturated rings. The Hall–Kier alpha value is -2.58. The second-order valence-electron chi connectivity index (χ2n) is 6.05. The summed E-state index contributed by atoms with van der Waals surface area (Å²) in [5.74, 6) is 0.334. The van der Waals surface area contributed by atoms with Gasteiger partial charge in [-0.3, -0.25) is 20.2 Å². The summed E-state index contributed by atoms with van der Waals surface area (Å²) in [6.07, 6.45) is -0.137. The molecule has 23 heavy (non-hydrogen) atoms. The molecule has 8 heteroatoms. The van der Waals surface area contributed by atoms with E-state index in [1.165, 1.54) is 0 Å². The quantitative estimate of drug-likeness (QED) is 0.432. The zero-order valence-electron chi connectivity index (χ0n) is 12.4. The van der Waals surface area contributed by atoms with Crippen LogP contribution in [0.15, 0.2) is 33.9 Å². The van der Waals surface area contributed by atoms with Crippen LogP contribution in [0.4, 0.5) is 5.82 Å². The highest BCUT2D eigenvalue weighted by Gasteiger charge is 2.46. The molecule has 0 bridgehead atoms. The molecule has 0 aliphatic carbocycles. The number of benzene rings is 1. The van der Waals surface area contributed by atoms with Crippen LogP contribution in [0.1, 0.15) is 24.0 Å². The molecule has 1 saturated heterocycles. The molecule has 0 amide bonds. The van der Waals surface area contributed by atoms with E-state index in [9.17, 15) is 14.7 Å². The van der Waals surface area contributed by atoms with Gasteiger partial charge in [0.2, 0.25) is 0 Å². The van der Waals surface area contributed by atoms with Crippen molar-refractivity contribution in [3.8, 4) is 5.75 Å². The summed E-state index contributed by atoms with van der Waals surface area (Å²) in [4.78, 5) is 29.0. The van der Waals surface area contributed by atoms with Gasteiger partial charge in [0.15, 0.2) is 0 Å². The van der Waals surface area contributed by atoms with E-state index in [4.69, 9.17) is 0 Å². The number of hydrogen-bond donors (Lipinski definition) is 6. The van der Waals surface area contributed by atoms with E-state index in [2.05, 4.69) is 26.1 Å². The maximum Gasteiger partial charge on any atom is 0.327 e. The number of H-pyrrole nitrogens is 2. The van der Waals surface area contributed by atoms with Crippen molar-refractivity contribution in [2.45, 2.75) is 25.0 Å². The number of hydrogen-bond acceptors (Lipinski definition) is 6. The van der Waals surface area contributed by atoms with Crippen LogP contribution in [-0.2, 0) is 0 Å². The third-order valence-electron chi connectivity index (χ3n) is 4.63. The summed E-state index contributed by atoms with van der Waals surface area (Å²) in [7, 11) is 0. The molecule has 4 unspecified atom stereocenters. The lowest BCUT2D eigenvalue weighted by Gasteiger charge is -2.36. The van der Waals surface area contributed by atoms with E-state index in [-0.39, 0.29) is 29.8 Å². The lowest BCUT2D eigenvalue weighted by molar-refractivity contribution is 0.385. The van der Waals surface area contributed by atoms with Crippen LogP contribution in [-0.4, -0.2) is 27.3 Å². The van der Waals surface area contributed by atoms with E-state index in [1.54, 1.807) is 18.2 Å². The van der Waals surface area contributed by atoms with Gasteiger partial charge in [-0.1, -0.05) is 12.1 Å². The molecule has 2 aliphatic rings. The lowest BCUT2D eigenvalue weighted by atomic mass is 9.75. The number of hydrazine groups is 1. The molecule has 3 heterocycles. The smallest absolute Gasteiger partial charge is 0.327 e. The standard InChI is InChI=1S/C15H17N5O3/c1-6-9-10(7-3-2-4-8(21)5-7)11-12(16-13(9)20-19-6)17-15(23)18-14(11)22/h2-6,9-10,13,19-21H,1H3,(H3,16,17,18,22,23). The minimum Gasteiger partial charge on any atom is -0.508 e. The van der Waals surface area contributed by atoms with E-state index in [0.29, 0.717) is 11.4 Å². The van der Waals surface area contributed by atoms with Crippen LogP contribution in [0.2, 0.25) is 0 Å². The third-order valence-corrected chi connectivity index (χ3v) is 4.63. The Morgan fingerprint density at radius 2 is 1.96 bits per heavy atom. The van der Waals surface area contributed by atoms with Crippen molar-refractivity contribution in [1.82, 2.24) is 20.8 Å². The van der Waals surface area contributed by atoms with E-state index in [1.807, 2.05) is 13.0 Å². The van der Waals surface area contributed by atoms with Gasteiger partial charge in [0, 0.05) is 17.9 Å². The molecule has 0 saturated carbocycles. The zero-order chi connectivity index (χ0) is 16.1. The molecule has 120 valence electrons. The summed E-state index contributed by atoms with van der Waals surface area (Å²) in [6, 6.07) is 6.98. The van der Waals surface area contributed by atoms with E-state index >= 15 is 0 Å². The van der Waals surface area contributed by atoms with Crippen LogP contribution in [0, 0.1) is 5.92 Å². The number of phenolic OH excluding ortho intramolecular Hbond substituents is 1. The first-order valence-corrected chi connectivity index (χ1v) is 7.47. The maximum absolute atomic E-state index is 12.4. The average Bonchev–Trinajstić information content (AvgIpc) is 2.86. The van der Waals surface area contributed by atoms with Gasteiger partial charge in [0.1, 0.15) is 11.6 Å². The fraction of sp³-hybridized carbons (Fsp3) is 0.333. The Bertz CT molecular complexity index is 874. The van der Waals surface area contributed by atoms with Crippen molar-refractivity contribution in [1.29, 1.82) is 0 Å².